The fourth-order valence-electron chi connectivity index (χ4n) is 1.12. The van der Waals surface area contributed by atoms with E-state index >= 15 is 0 Å². The zero-order chi connectivity index (χ0) is 10.9. The van der Waals surface area contributed by atoms with E-state index < -0.39 is 0 Å². The zero-order valence-electron chi connectivity index (χ0n) is 9.31. The van der Waals surface area contributed by atoms with Gasteiger partial charge in [-0.1, -0.05) is 19.4 Å². The van der Waals surface area contributed by atoms with E-state index in [4.69, 9.17) is 4.74 Å². The van der Waals surface area contributed by atoms with E-state index in [-0.39, 0.29) is 0 Å². The highest BCUT2D eigenvalue weighted by Crippen LogP contribution is 2.16. The van der Waals surface area contributed by atoms with Gasteiger partial charge in [0.1, 0.15) is 5.75 Å². The first-order chi connectivity index (χ1) is 7.36. The summed E-state index contributed by atoms with van der Waals surface area (Å²) in [6, 6.07) is 7.68. The van der Waals surface area contributed by atoms with E-state index in [2.05, 4.69) is 18.0 Å². The van der Waals surface area contributed by atoms with Gasteiger partial charge < -0.3 is 4.74 Å². The number of ether oxygens (including phenoxy) is 1. The van der Waals surface area contributed by atoms with Crippen LogP contribution in [0.4, 0.5) is 5.69 Å². The minimum Gasteiger partial charge on any atom is -0.497 e. The van der Waals surface area contributed by atoms with Crippen LogP contribution in [-0.4, -0.2) is 13.3 Å². The molecule has 0 heterocycles. The second-order valence-corrected chi connectivity index (χ2v) is 3.19. The lowest BCUT2D eigenvalue weighted by Crippen LogP contribution is -1.79. The van der Waals surface area contributed by atoms with E-state index in [0.717, 1.165) is 17.9 Å². The maximum absolute atomic E-state index is 5.06. The summed E-state index contributed by atoms with van der Waals surface area (Å²) < 4.78 is 5.06. The Balaban J connectivity index is 2.49. The molecule has 0 saturated heterocycles. The van der Waals surface area contributed by atoms with E-state index in [1.165, 1.54) is 6.42 Å². The molecule has 0 atom stereocenters. The standard InChI is InChI=1S/C13H17NO/c1-3-4-5-6-11-14-12-7-9-13(15-2)10-8-12/h5-11H,3-4H2,1-2H3/b6-5+,14-11?. The predicted molar refractivity (Wildman–Crippen MR) is 65.2 cm³/mol. The lowest BCUT2D eigenvalue weighted by Gasteiger charge is -1.97. The Kier molecular flexibility index (Phi) is 5.23. The number of allylic oxidation sites excluding steroid dienone is 2. The third-order valence-electron chi connectivity index (χ3n) is 1.97. The highest BCUT2D eigenvalue weighted by Gasteiger charge is 1.89. The lowest BCUT2D eigenvalue weighted by atomic mass is 10.3. The summed E-state index contributed by atoms with van der Waals surface area (Å²) in [7, 11) is 1.66. The van der Waals surface area contributed by atoms with Crippen molar-refractivity contribution in [1.82, 2.24) is 0 Å². The van der Waals surface area contributed by atoms with Crippen LogP contribution in [0.25, 0.3) is 0 Å². The van der Waals surface area contributed by atoms with Crippen LogP contribution in [0.2, 0.25) is 0 Å². The van der Waals surface area contributed by atoms with E-state index in [1.807, 2.05) is 36.6 Å². The molecule has 15 heavy (non-hydrogen) atoms. The highest BCUT2D eigenvalue weighted by atomic mass is 16.5. The van der Waals surface area contributed by atoms with Crippen molar-refractivity contribution in [2.24, 2.45) is 4.99 Å². The molecule has 0 N–H and O–H groups in total. The van der Waals surface area contributed by atoms with E-state index in [0.29, 0.717) is 0 Å². The Hall–Kier alpha value is -1.57. The van der Waals surface area contributed by atoms with E-state index in [1.54, 1.807) is 7.11 Å². The molecule has 0 fully saturated rings. The van der Waals surface area contributed by atoms with Crippen LogP contribution in [0.1, 0.15) is 19.8 Å². The third-order valence-corrected chi connectivity index (χ3v) is 1.97. The molecular formula is C13H17NO. The molecule has 0 saturated carbocycles. The maximum atomic E-state index is 5.06. The van der Waals surface area contributed by atoms with Crippen LogP contribution in [-0.2, 0) is 0 Å². The smallest absolute Gasteiger partial charge is 0.119 e. The van der Waals surface area contributed by atoms with Gasteiger partial charge >= 0.3 is 0 Å². The monoisotopic (exact) mass is 203 g/mol. The Bertz CT molecular complexity index is 325. The van der Waals surface area contributed by atoms with Gasteiger partial charge in [-0.05, 0) is 36.8 Å². The Morgan fingerprint density at radius 2 is 2.00 bits per heavy atom. The molecule has 0 amide bonds. The van der Waals surface area contributed by atoms with Gasteiger partial charge in [-0.25, -0.2) is 0 Å². The van der Waals surface area contributed by atoms with Crippen molar-refractivity contribution in [1.29, 1.82) is 0 Å². The number of hydrogen-bond acceptors (Lipinski definition) is 2. The zero-order valence-corrected chi connectivity index (χ0v) is 9.31. The second-order valence-electron chi connectivity index (χ2n) is 3.19. The molecule has 1 rings (SSSR count). The lowest BCUT2D eigenvalue weighted by molar-refractivity contribution is 0.415. The van der Waals surface area contributed by atoms with Crippen molar-refractivity contribution in [2.75, 3.05) is 7.11 Å². The Labute approximate surface area is 91.3 Å². The number of hydrogen-bond donors (Lipinski definition) is 0. The molecule has 2 heteroatoms. The van der Waals surface area contributed by atoms with Crippen LogP contribution in [0.3, 0.4) is 0 Å². The summed E-state index contributed by atoms with van der Waals surface area (Å²) in [6.45, 7) is 2.16. The number of benzene rings is 1. The molecule has 0 radical (unpaired) electrons. The fourth-order valence-corrected chi connectivity index (χ4v) is 1.12. The van der Waals surface area contributed by atoms with Crippen molar-refractivity contribution in [3.05, 3.63) is 36.4 Å². The third kappa shape index (κ3) is 4.45. The first kappa shape index (κ1) is 11.5. The predicted octanol–water partition coefficient (Wildman–Crippen LogP) is 3.75. The van der Waals surface area contributed by atoms with Crippen LogP contribution in [0, 0.1) is 0 Å². The molecule has 0 aliphatic heterocycles. The van der Waals surface area contributed by atoms with Gasteiger partial charge in [0, 0.05) is 6.21 Å². The van der Waals surface area contributed by atoms with Crippen molar-refractivity contribution in [3.63, 3.8) is 0 Å². The average Bonchev–Trinajstić information content (AvgIpc) is 2.30. The maximum Gasteiger partial charge on any atom is 0.119 e. The number of methoxy groups -OCH3 is 1. The van der Waals surface area contributed by atoms with Gasteiger partial charge in [0.25, 0.3) is 0 Å². The van der Waals surface area contributed by atoms with Crippen molar-refractivity contribution >= 4 is 11.9 Å². The first-order valence-corrected chi connectivity index (χ1v) is 5.20. The minimum absolute atomic E-state index is 0.857. The largest absolute Gasteiger partial charge is 0.497 e. The molecule has 0 aliphatic carbocycles. The number of aliphatic imine (C=N–C) groups is 1. The Morgan fingerprint density at radius 1 is 1.27 bits per heavy atom. The van der Waals surface area contributed by atoms with Gasteiger partial charge in [0.15, 0.2) is 0 Å². The molecule has 80 valence electrons. The molecule has 1 aromatic rings. The van der Waals surface area contributed by atoms with Crippen molar-refractivity contribution in [3.8, 4) is 5.75 Å². The van der Waals surface area contributed by atoms with Crippen LogP contribution in [0.5, 0.6) is 5.75 Å². The van der Waals surface area contributed by atoms with Gasteiger partial charge in [-0.15, -0.1) is 0 Å². The molecule has 0 bridgehead atoms. The molecule has 0 unspecified atom stereocenters. The second kappa shape index (κ2) is 6.82. The van der Waals surface area contributed by atoms with Crippen LogP contribution < -0.4 is 4.74 Å². The molecular weight excluding hydrogens is 186 g/mol. The molecule has 1 aromatic carbocycles. The molecule has 2 nitrogen and oxygen atoms in total. The molecule has 0 aliphatic rings. The van der Waals surface area contributed by atoms with Gasteiger partial charge in [0.2, 0.25) is 0 Å². The summed E-state index contributed by atoms with van der Waals surface area (Å²) in [5.41, 5.74) is 0.942. The average molecular weight is 203 g/mol. The van der Waals surface area contributed by atoms with Gasteiger partial charge in [-0.3, -0.25) is 4.99 Å². The minimum atomic E-state index is 0.857. The van der Waals surface area contributed by atoms with Gasteiger partial charge in [-0.2, -0.15) is 0 Å². The van der Waals surface area contributed by atoms with E-state index in [9.17, 15) is 0 Å². The topological polar surface area (TPSA) is 21.6 Å². The fraction of sp³-hybridized carbons (Fsp3) is 0.308. The molecule has 0 aromatic heterocycles. The highest BCUT2D eigenvalue weighted by molar-refractivity contribution is 5.74. The van der Waals surface area contributed by atoms with Crippen molar-refractivity contribution in [2.45, 2.75) is 19.8 Å². The summed E-state index contributed by atoms with van der Waals surface area (Å²) in [5, 5.41) is 0. The number of unbranched alkanes of at least 4 members (excludes halogenated alkanes) is 1. The number of nitrogens with zero attached hydrogens (tertiary/aromatic N) is 1. The SMILES string of the molecule is CCC/C=C/C=Nc1ccc(OC)cc1. The summed E-state index contributed by atoms with van der Waals surface area (Å²) in [6.07, 6.45) is 8.19. The summed E-state index contributed by atoms with van der Waals surface area (Å²) in [5.74, 6) is 0.857. The normalized spacial score (nSPS) is 11.3. The Morgan fingerprint density at radius 3 is 2.60 bits per heavy atom. The molecule has 0 spiro atoms. The van der Waals surface area contributed by atoms with Crippen molar-refractivity contribution < 1.29 is 4.74 Å². The quantitative estimate of drug-likeness (QED) is 0.668. The number of rotatable bonds is 5. The first-order valence-electron chi connectivity index (χ1n) is 5.20. The summed E-state index contributed by atoms with van der Waals surface area (Å²) >= 11 is 0. The van der Waals surface area contributed by atoms with Crippen LogP contribution >= 0.6 is 0 Å². The van der Waals surface area contributed by atoms with Crippen LogP contribution in [0.15, 0.2) is 41.4 Å². The summed E-state index contributed by atoms with van der Waals surface area (Å²) in [4.78, 5) is 4.29. The van der Waals surface area contributed by atoms with Gasteiger partial charge in [0.05, 0.1) is 12.8 Å².